The molecule has 0 amide bonds. The quantitative estimate of drug-likeness (QED) is 0.845. The lowest BCUT2D eigenvalue weighted by molar-refractivity contribution is 0.297. The second-order valence-corrected chi connectivity index (χ2v) is 7.24. The van der Waals surface area contributed by atoms with Crippen molar-refractivity contribution < 1.29 is 12.8 Å². The Morgan fingerprint density at radius 3 is 2.65 bits per heavy atom. The number of hydrogen-bond donors (Lipinski definition) is 2. The van der Waals surface area contributed by atoms with E-state index in [1.165, 1.54) is 12.5 Å². The Kier molecular flexibility index (Phi) is 5.01. The van der Waals surface area contributed by atoms with E-state index in [4.69, 9.17) is 17.3 Å². The van der Waals surface area contributed by atoms with Gasteiger partial charge in [-0.2, -0.15) is 0 Å². The second kappa shape index (κ2) is 6.39. The number of halogens is 2. The molecule has 1 fully saturated rings. The van der Waals surface area contributed by atoms with Gasteiger partial charge < -0.3 is 5.73 Å². The topological polar surface area (TPSA) is 72.2 Å². The number of nitrogens with two attached hydrogens (primary N) is 1. The molecule has 1 saturated carbocycles. The van der Waals surface area contributed by atoms with Crippen molar-refractivity contribution in [3.05, 3.63) is 28.5 Å². The molecule has 20 heavy (non-hydrogen) atoms. The van der Waals surface area contributed by atoms with Crippen LogP contribution in [0.1, 0.15) is 31.2 Å². The van der Waals surface area contributed by atoms with Crippen molar-refractivity contribution in [3.8, 4) is 0 Å². The SMILES string of the molecule is NCc1cc(Cl)cc(S(=O)(=O)NCCC2CCC2)c1F. The van der Waals surface area contributed by atoms with Gasteiger partial charge in [0.2, 0.25) is 10.0 Å². The van der Waals surface area contributed by atoms with Crippen LogP contribution in [-0.2, 0) is 16.6 Å². The van der Waals surface area contributed by atoms with Crippen LogP contribution >= 0.6 is 11.6 Å². The van der Waals surface area contributed by atoms with E-state index in [0.717, 1.165) is 25.3 Å². The van der Waals surface area contributed by atoms with Gasteiger partial charge in [-0.25, -0.2) is 17.5 Å². The van der Waals surface area contributed by atoms with Crippen LogP contribution in [0, 0.1) is 11.7 Å². The first-order valence-corrected chi connectivity index (χ1v) is 8.48. The van der Waals surface area contributed by atoms with Crippen LogP contribution in [0.25, 0.3) is 0 Å². The minimum Gasteiger partial charge on any atom is -0.326 e. The van der Waals surface area contributed by atoms with E-state index in [1.54, 1.807) is 0 Å². The molecule has 0 atom stereocenters. The van der Waals surface area contributed by atoms with Gasteiger partial charge in [-0.15, -0.1) is 0 Å². The van der Waals surface area contributed by atoms with Gasteiger partial charge in [-0.1, -0.05) is 30.9 Å². The van der Waals surface area contributed by atoms with Crippen LogP contribution in [0.5, 0.6) is 0 Å². The Morgan fingerprint density at radius 2 is 2.10 bits per heavy atom. The number of benzene rings is 1. The Hall–Kier alpha value is -0.690. The molecule has 112 valence electrons. The average molecular weight is 321 g/mol. The van der Waals surface area contributed by atoms with Crippen molar-refractivity contribution in [2.75, 3.05) is 6.54 Å². The summed E-state index contributed by atoms with van der Waals surface area (Å²) in [5, 5.41) is 0.159. The van der Waals surface area contributed by atoms with Crippen LogP contribution in [0.3, 0.4) is 0 Å². The van der Waals surface area contributed by atoms with Crippen LogP contribution in [0.4, 0.5) is 4.39 Å². The summed E-state index contributed by atoms with van der Waals surface area (Å²) in [6.07, 6.45) is 4.28. The molecule has 1 aromatic carbocycles. The molecule has 4 nitrogen and oxygen atoms in total. The molecule has 0 aliphatic heterocycles. The van der Waals surface area contributed by atoms with E-state index in [-0.39, 0.29) is 17.1 Å². The van der Waals surface area contributed by atoms with Crippen molar-refractivity contribution in [2.24, 2.45) is 11.7 Å². The van der Waals surface area contributed by atoms with Gasteiger partial charge >= 0.3 is 0 Å². The fourth-order valence-electron chi connectivity index (χ4n) is 2.22. The van der Waals surface area contributed by atoms with E-state index >= 15 is 0 Å². The lowest BCUT2D eigenvalue weighted by Crippen LogP contribution is -2.28. The maximum atomic E-state index is 14.1. The molecule has 0 unspecified atom stereocenters. The summed E-state index contributed by atoms with van der Waals surface area (Å²) in [7, 11) is -3.89. The van der Waals surface area contributed by atoms with Gasteiger partial charge in [0.15, 0.2) is 0 Å². The minimum atomic E-state index is -3.89. The third kappa shape index (κ3) is 3.49. The average Bonchev–Trinajstić information content (AvgIpc) is 2.34. The maximum absolute atomic E-state index is 14.1. The van der Waals surface area contributed by atoms with E-state index in [9.17, 15) is 12.8 Å². The zero-order valence-corrected chi connectivity index (χ0v) is 12.6. The van der Waals surface area contributed by atoms with E-state index in [1.807, 2.05) is 0 Å². The number of nitrogens with one attached hydrogen (secondary N) is 1. The van der Waals surface area contributed by atoms with E-state index in [0.29, 0.717) is 12.5 Å². The molecule has 0 radical (unpaired) electrons. The molecule has 0 bridgehead atoms. The summed E-state index contributed by atoms with van der Waals surface area (Å²) < 4.78 is 40.7. The highest BCUT2D eigenvalue weighted by Gasteiger charge is 2.23. The Morgan fingerprint density at radius 1 is 1.40 bits per heavy atom. The molecule has 0 aromatic heterocycles. The number of rotatable bonds is 6. The molecular weight excluding hydrogens is 303 g/mol. The maximum Gasteiger partial charge on any atom is 0.243 e. The Balaban J connectivity index is 2.13. The molecule has 3 N–H and O–H groups in total. The van der Waals surface area contributed by atoms with Crippen molar-refractivity contribution >= 4 is 21.6 Å². The first-order chi connectivity index (χ1) is 9.44. The van der Waals surface area contributed by atoms with Crippen molar-refractivity contribution in [1.29, 1.82) is 0 Å². The molecule has 7 heteroatoms. The molecule has 1 aliphatic carbocycles. The largest absolute Gasteiger partial charge is 0.326 e. The van der Waals surface area contributed by atoms with Crippen LogP contribution < -0.4 is 10.5 Å². The highest BCUT2D eigenvalue weighted by Crippen LogP contribution is 2.29. The summed E-state index contributed by atoms with van der Waals surface area (Å²) in [5.74, 6) is -0.241. The number of hydrogen-bond acceptors (Lipinski definition) is 3. The minimum absolute atomic E-state index is 0.0943. The van der Waals surface area contributed by atoms with Gasteiger partial charge in [-0.05, 0) is 24.5 Å². The van der Waals surface area contributed by atoms with Crippen molar-refractivity contribution in [1.82, 2.24) is 4.72 Å². The lowest BCUT2D eigenvalue weighted by atomic mass is 9.83. The van der Waals surface area contributed by atoms with Crippen molar-refractivity contribution in [3.63, 3.8) is 0 Å². The van der Waals surface area contributed by atoms with Gasteiger partial charge in [0.1, 0.15) is 10.7 Å². The predicted molar refractivity (Wildman–Crippen MR) is 76.4 cm³/mol. The predicted octanol–water partition coefficient (Wildman–Crippen LogP) is 2.41. The van der Waals surface area contributed by atoms with Crippen LogP contribution in [0.2, 0.25) is 5.02 Å². The molecule has 2 rings (SSSR count). The summed E-state index contributed by atoms with van der Waals surface area (Å²) in [6.45, 7) is 0.216. The zero-order valence-electron chi connectivity index (χ0n) is 11.0. The van der Waals surface area contributed by atoms with Gasteiger partial charge in [0, 0.05) is 23.7 Å². The summed E-state index contributed by atoms with van der Waals surface area (Å²) in [5.41, 5.74) is 5.48. The molecule has 1 aromatic rings. The first kappa shape index (κ1) is 15.7. The van der Waals surface area contributed by atoms with Gasteiger partial charge in [0.25, 0.3) is 0 Å². The zero-order chi connectivity index (χ0) is 14.8. The van der Waals surface area contributed by atoms with Gasteiger partial charge in [-0.3, -0.25) is 0 Å². The molecular formula is C13H18ClFN2O2S. The lowest BCUT2D eigenvalue weighted by Gasteiger charge is -2.25. The highest BCUT2D eigenvalue weighted by atomic mass is 35.5. The molecule has 0 spiro atoms. The molecule has 1 aliphatic rings. The highest BCUT2D eigenvalue weighted by molar-refractivity contribution is 7.89. The summed E-state index contributed by atoms with van der Waals surface area (Å²) >= 11 is 5.81. The normalized spacial score (nSPS) is 16.1. The monoisotopic (exact) mass is 320 g/mol. The Bertz CT molecular complexity index is 588. The smallest absolute Gasteiger partial charge is 0.243 e. The molecule has 0 saturated heterocycles. The van der Waals surface area contributed by atoms with E-state index in [2.05, 4.69) is 4.72 Å². The van der Waals surface area contributed by atoms with Crippen molar-refractivity contribution in [2.45, 2.75) is 37.1 Å². The van der Waals surface area contributed by atoms with E-state index < -0.39 is 20.7 Å². The summed E-state index contributed by atoms with van der Waals surface area (Å²) in [4.78, 5) is -0.431. The van der Waals surface area contributed by atoms with Crippen LogP contribution in [0.15, 0.2) is 17.0 Å². The first-order valence-electron chi connectivity index (χ1n) is 6.61. The fourth-order valence-corrected chi connectivity index (χ4v) is 3.72. The number of sulfonamides is 1. The third-order valence-electron chi connectivity index (χ3n) is 3.66. The third-order valence-corrected chi connectivity index (χ3v) is 5.34. The standard InChI is InChI=1S/C13H18ClFN2O2S/c14-11-6-10(8-16)13(15)12(7-11)20(18,19)17-5-4-9-2-1-3-9/h6-7,9,17H,1-5,8,16H2. The Labute approximate surface area is 123 Å². The second-order valence-electron chi connectivity index (χ2n) is 5.06. The molecule has 0 heterocycles. The van der Waals surface area contributed by atoms with Crippen LogP contribution in [-0.4, -0.2) is 15.0 Å². The summed E-state index contributed by atoms with van der Waals surface area (Å²) in [6, 6.07) is 2.45. The van der Waals surface area contributed by atoms with Gasteiger partial charge in [0.05, 0.1) is 0 Å². The fraction of sp³-hybridized carbons (Fsp3) is 0.538.